The Bertz CT molecular complexity index is 406. The number of rotatable bonds is 8. The van der Waals surface area contributed by atoms with Crippen molar-refractivity contribution in [3.8, 4) is 6.07 Å². The summed E-state index contributed by atoms with van der Waals surface area (Å²) in [6.07, 6.45) is 3.24. The molecule has 0 aromatic heterocycles. The van der Waals surface area contributed by atoms with E-state index in [4.69, 9.17) is 5.26 Å². The molecular formula is C16H23N3. The smallest absolute Gasteiger partial charge is 0.0641 e. The van der Waals surface area contributed by atoms with Crippen LogP contribution in [-0.2, 0) is 0 Å². The second-order valence-corrected chi connectivity index (χ2v) is 5.14. The van der Waals surface area contributed by atoms with Gasteiger partial charge in [-0.15, -0.1) is 0 Å². The molecule has 1 unspecified atom stereocenters. The Morgan fingerprint density at radius 1 is 1.37 bits per heavy atom. The monoisotopic (exact) mass is 257 g/mol. The van der Waals surface area contributed by atoms with Crippen molar-refractivity contribution in [1.82, 2.24) is 10.2 Å². The number of hydrogen-bond donors (Lipinski definition) is 1. The predicted molar refractivity (Wildman–Crippen MR) is 77.7 cm³/mol. The first kappa shape index (κ1) is 14.0. The first-order valence-corrected chi connectivity index (χ1v) is 7.24. The lowest BCUT2D eigenvalue weighted by Crippen LogP contribution is -2.35. The van der Waals surface area contributed by atoms with Gasteiger partial charge in [-0.25, -0.2) is 0 Å². The number of hydrogen-bond acceptors (Lipinski definition) is 3. The maximum absolute atomic E-state index is 8.95. The van der Waals surface area contributed by atoms with E-state index in [-0.39, 0.29) is 6.04 Å². The summed E-state index contributed by atoms with van der Waals surface area (Å²) in [6.45, 7) is 5.38. The Balaban J connectivity index is 1.82. The molecule has 1 saturated carbocycles. The molecule has 1 aliphatic rings. The Hall–Kier alpha value is -1.37. The van der Waals surface area contributed by atoms with Gasteiger partial charge in [-0.3, -0.25) is 4.90 Å². The second kappa shape index (κ2) is 7.28. The van der Waals surface area contributed by atoms with Crippen molar-refractivity contribution in [2.24, 2.45) is 0 Å². The average molecular weight is 257 g/mol. The molecule has 0 spiro atoms. The summed E-state index contributed by atoms with van der Waals surface area (Å²) >= 11 is 0. The van der Waals surface area contributed by atoms with Gasteiger partial charge in [0.05, 0.1) is 12.5 Å². The molecule has 0 bridgehead atoms. The van der Waals surface area contributed by atoms with Gasteiger partial charge < -0.3 is 5.32 Å². The van der Waals surface area contributed by atoms with E-state index in [0.717, 1.165) is 25.7 Å². The lowest BCUT2D eigenvalue weighted by Gasteiger charge is -2.22. The second-order valence-electron chi connectivity index (χ2n) is 5.14. The molecule has 3 heteroatoms. The molecule has 0 radical (unpaired) electrons. The maximum atomic E-state index is 8.95. The van der Waals surface area contributed by atoms with Gasteiger partial charge in [0.2, 0.25) is 0 Å². The molecule has 1 atom stereocenters. The third-order valence-corrected chi connectivity index (χ3v) is 3.76. The fourth-order valence-electron chi connectivity index (χ4n) is 2.51. The van der Waals surface area contributed by atoms with Gasteiger partial charge in [0.15, 0.2) is 0 Å². The SMILES string of the molecule is CCN(CCNC(CC#N)c1ccccc1)C1CC1. The molecule has 1 aliphatic carbocycles. The van der Waals surface area contributed by atoms with E-state index < -0.39 is 0 Å². The van der Waals surface area contributed by atoms with E-state index >= 15 is 0 Å². The van der Waals surface area contributed by atoms with Crippen molar-refractivity contribution in [2.75, 3.05) is 19.6 Å². The number of nitrogens with zero attached hydrogens (tertiary/aromatic N) is 2. The third-order valence-electron chi connectivity index (χ3n) is 3.76. The van der Waals surface area contributed by atoms with Crippen molar-refractivity contribution in [3.63, 3.8) is 0 Å². The fraction of sp³-hybridized carbons (Fsp3) is 0.562. The molecule has 102 valence electrons. The summed E-state index contributed by atoms with van der Waals surface area (Å²) < 4.78 is 0. The summed E-state index contributed by atoms with van der Waals surface area (Å²) in [5.41, 5.74) is 1.21. The first-order valence-electron chi connectivity index (χ1n) is 7.24. The summed E-state index contributed by atoms with van der Waals surface area (Å²) in [7, 11) is 0. The van der Waals surface area contributed by atoms with Crippen molar-refractivity contribution in [1.29, 1.82) is 5.26 Å². The fourth-order valence-corrected chi connectivity index (χ4v) is 2.51. The van der Waals surface area contributed by atoms with Crippen LogP contribution in [0.1, 0.15) is 37.8 Å². The van der Waals surface area contributed by atoms with Crippen LogP contribution in [0.2, 0.25) is 0 Å². The van der Waals surface area contributed by atoms with E-state index in [0.29, 0.717) is 6.42 Å². The Morgan fingerprint density at radius 3 is 2.68 bits per heavy atom. The lowest BCUT2D eigenvalue weighted by atomic mass is 10.0. The zero-order valence-corrected chi connectivity index (χ0v) is 11.7. The quantitative estimate of drug-likeness (QED) is 0.778. The zero-order chi connectivity index (χ0) is 13.5. The van der Waals surface area contributed by atoms with Crippen LogP contribution < -0.4 is 5.32 Å². The minimum absolute atomic E-state index is 0.157. The van der Waals surface area contributed by atoms with E-state index in [1.54, 1.807) is 0 Å². The topological polar surface area (TPSA) is 39.1 Å². The van der Waals surface area contributed by atoms with Crippen LogP contribution >= 0.6 is 0 Å². The molecule has 0 saturated heterocycles. The van der Waals surface area contributed by atoms with Gasteiger partial charge in [0, 0.05) is 25.2 Å². The number of nitriles is 1. The van der Waals surface area contributed by atoms with Crippen LogP contribution in [0.15, 0.2) is 30.3 Å². The van der Waals surface area contributed by atoms with Crippen LogP contribution in [0.25, 0.3) is 0 Å². The molecule has 1 aromatic carbocycles. The van der Waals surface area contributed by atoms with Crippen molar-refractivity contribution < 1.29 is 0 Å². The molecule has 1 N–H and O–H groups in total. The van der Waals surface area contributed by atoms with Crippen LogP contribution in [0.5, 0.6) is 0 Å². The molecule has 19 heavy (non-hydrogen) atoms. The van der Waals surface area contributed by atoms with Crippen molar-refractivity contribution >= 4 is 0 Å². The normalized spacial score (nSPS) is 16.3. The minimum atomic E-state index is 0.157. The minimum Gasteiger partial charge on any atom is -0.308 e. The average Bonchev–Trinajstić information content (AvgIpc) is 3.28. The van der Waals surface area contributed by atoms with Crippen LogP contribution in [0.3, 0.4) is 0 Å². The summed E-state index contributed by atoms with van der Waals surface area (Å²) in [5.74, 6) is 0. The van der Waals surface area contributed by atoms with E-state index in [1.165, 1.54) is 18.4 Å². The Morgan fingerprint density at radius 2 is 2.11 bits per heavy atom. The highest BCUT2D eigenvalue weighted by Gasteiger charge is 2.27. The highest BCUT2D eigenvalue weighted by molar-refractivity contribution is 5.19. The number of nitrogens with one attached hydrogen (secondary N) is 1. The maximum Gasteiger partial charge on any atom is 0.0641 e. The molecule has 1 fully saturated rings. The molecule has 1 aromatic rings. The van der Waals surface area contributed by atoms with Gasteiger partial charge in [-0.1, -0.05) is 37.3 Å². The van der Waals surface area contributed by atoms with Crippen molar-refractivity contribution in [3.05, 3.63) is 35.9 Å². The summed E-state index contributed by atoms with van der Waals surface area (Å²) in [6, 6.07) is 13.5. The molecule has 3 nitrogen and oxygen atoms in total. The van der Waals surface area contributed by atoms with Gasteiger partial charge in [-0.05, 0) is 24.9 Å². The van der Waals surface area contributed by atoms with Gasteiger partial charge in [-0.2, -0.15) is 5.26 Å². The van der Waals surface area contributed by atoms with Gasteiger partial charge in [0.25, 0.3) is 0 Å². The predicted octanol–water partition coefficient (Wildman–Crippen LogP) is 2.72. The molecule has 0 heterocycles. The first-order chi connectivity index (χ1) is 9.35. The van der Waals surface area contributed by atoms with E-state index in [9.17, 15) is 0 Å². The highest BCUT2D eigenvalue weighted by atomic mass is 15.2. The van der Waals surface area contributed by atoms with Crippen molar-refractivity contribution in [2.45, 2.75) is 38.3 Å². The van der Waals surface area contributed by atoms with Crippen LogP contribution in [-0.4, -0.2) is 30.6 Å². The zero-order valence-electron chi connectivity index (χ0n) is 11.7. The van der Waals surface area contributed by atoms with Crippen LogP contribution in [0.4, 0.5) is 0 Å². The molecule has 0 aliphatic heterocycles. The molecular weight excluding hydrogens is 234 g/mol. The molecule has 0 amide bonds. The summed E-state index contributed by atoms with van der Waals surface area (Å²) in [4.78, 5) is 2.53. The highest BCUT2D eigenvalue weighted by Crippen LogP contribution is 2.26. The summed E-state index contributed by atoms with van der Waals surface area (Å²) in [5, 5.41) is 12.5. The lowest BCUT2D eigenvalue weighted by molar-refractivity contribution is 0.272. The largest absolute Gasteiger partial charge is 0.308 e. The standard InChI is InChI=1S/C16H23N3/c1-2-19(15-8-9-15)13-12-18-16(10-11-17)14-6-4-3-5-7-14/h3-7,15-16,18H,2,8-10,12-13H2,1H3. The van der Waals surface area contributed by atoms with E-state index in [1.807, 2.05) is 18.2 Å². The number of benzene rings is 1. The van der Waals surface area contributed by atoms with Gasteiger partial charge in [0.1, 0.15) is 0 Å². The van der Waals surface area contributed by atoms with E-state index in [2.05, 4.69) is 35.3 Å². The van der Waals surface area contributed by atoms with Crippen LogP contribution in [0, 0.1) is 11.3 Å². The Kier molecular flexibility index (Phi) is 5.38. The number of likely N-dealkylation sites (N-methyl/N-ethyl adjacent to an activating group) is 1. The van der Waals surface area contributed by atoms with Gasteiger partial charge >= 0.3 is 0 Å². The Labute approximate surface area is 116 Å². The molecule has 2 rings (SSSR count). The third kappa shape index (κ3) is 4.34.